The first-order chi connectivity index (χ1) is 8.54. The van der Waals surface area contributed by atoms with E-state index < -0.39 is 0 Å². The molecule has 0 atom stereocenters. The molecular weight excluding hydrogens is 236 g/mol. The number of hydrogen-bond acceptors (Lipinski definition) is 4. The molecule has 0 bridgehead atoms. The Labute approximate surface area is 117 Å². The molecule has 0 radical (unpaired) electrons. The number of nitrogens with two attached hydrogens (primary N) is 1. The standard InChI is InChI=1S/C15H28N4/c1-8-11-17-12(16)10(2)13(18-11)19-15(6,7)9-14(3,4)5/h8-9H2,1-7H3,(H3,16,17,18,19). The van der Waals surface area contributed by atoms with Crippen LogP contribution in [-0.2, 0) is 6.42 Å². The lowest BCUT2D eigenvalue weighted by Gasteiger charge is -2.34. The Bertz CT molecular complexity index is 444. The molecule has 0 unspecified atom stereocenters. The summed E-state index contributed by atoms with van der Waals surface area (Å²) in [5.74, 6) is 2.22. The molecule has 0 saturated heterocycles. The molecule has 1 aromatic heterocycles. The van der Waals surface area contributed by atoms with Crippen molar-refractivity contribution in [3.63, 3.8) is 0 Å². The second-order valence-corrected chi connectivity index (χ2v) is 7.10. The van der Waals surface area contributed by atoms with Crippen LogP contribution in [0.15, 0.2) is 0 Å². The van der Waals surface area contributed by atoms with Gasteiger partial charge in [0.05, 0.1) is 0 Å². The van der Waals surface area contributed by atoms with Gasteiger partial charge in [0.15, 0.2) is 0 Å². The molecule has 3 N–H and O–H groups in total. The summed E-state index contributed by atoms with van der Waals surface area (Å²) >= 11 is 0. The van der Waals surface area contributed by atoms with E-state index in [1.807, 2.05) is 13.8 Å². The van der Waals surface area contributed by atoms with Gasteiger partial charge in [-0.05, 0) is 32.6 Å². The van der Waals surface area contributed by atoms with Crippen molar-refractivity contribution in [2.24, 2.45) is 5.41 Å². The minimum atomic E-state index is -0.0329. The molecule has 19 heavy (non-hydrogen) atoms. The van der Waals surface area contributed by atoms with Crippen LogP contribution in [0.2, 0.25) is 0 Å². The fourth-order valence-corrected chi connectivity index (χ4v) is 2.55. The lowest BCUT2D eigenvalue weighted by molar-refractivity contribution is 0.302. The second kappa shape index (κ2) is 5.35. The van der Waals surface area contributed by atoms with Gasteiger partial charge in [-0.2, -0.15) is 0 Å². The van der Waals surface area contributed by atoms with Crippen molar-refractivity contribution in [1.29, 1.82) is 0 Å². The summed E-state index contributed by atoms with van der Waals surface area (Å²) in [6, 6.07) is 0. The van der Waals surface area contributed by atoms with E-state index in [4.69, 9.17) is 5.73 Å². The summed E-state index contributed by atoms with van der Waals surface area (Å²) in [7, 11) is 0. The number of hydrogen-bond donors (Lipinski definition) is 2. The quantitative estimate of drug-likeness (QED) is 0.873. The molecular formula is C15H28N4. The Hall–Kier alpha value is -1.32. The van der Waals surface area contributed by atoms with Crippen molar-refractivity contribution in [2.45, 2.75) is 66.8 Å². The van der Waals surface area contributed by atoms with Gasteiger partial charge < -0.3 is 11.1 Å². The number of anilines is 2. The smallest absolute Gasteiger partial charge is 0.135 e. The molecule has 4 nitrogen and oxygen atoms in total. The number of aryl methyl sites for hydroxylation is 1. The Balaban J connectivity index is 3.01. The summed E-state index contributed by atoms with van der Waals surface area (Å²) in [6.45, 7) is 15.1. The third-order valence-corrected chi connectivity index (χ3v) is 2.98. The largest absolute Gasteiger partial charge is 0.383 e. The van der Waals surface area contributed by atoms with E-state index >= 15 is 0 Å². The zero-order valence-corrected chi connectivity index (χ0v) is 13.4. The average molecular weight is 264 g/mol. The number of nitrogens with one attached hydrogen (secondary N) is 1. The van der Waals surface area contributed by atoms with Crippen molar-refractivity contribution in [2.75, 3.05) is 11.1 Å². The summed E-state index contributed by atoms with van der Waals surface area (Å²) < 4.78 is 0. The average Bonchev–Trinajstić information content (AvgIpc) is 2.20. The van der Waals surface area contributed by atoms with E-state index in [0.717, 1.165) is 30.0 Å². The van der Waals surface area contributed by atoms with Crippen LogP contribution < -0.4 is 11.1 Å². The van der Waals surface area contributed by atoms with Crippen LogP contribution in [0.25, 0.3) is 0 Å². The molecule has 108 valence electrons. The van der Waals surface area contributed by atoms with Crippen LogP contribution in [0.3, 0.4) is 0 Å². The number of nitrogen functional groups attached to an aromatic ring is 1. The van der Waals surface area contributed by atoms with Crippen LogP contribution in [0.5, 0.6) is 0 Å². The van der Waals surface area contributed by atoms with E-state index in [2.05, 4.69) is 49.9 Å². The van der Waals surface area contributed by atoms with E-state index in [1.54, 1.807) is 0 Å². The first kappa shape index (κ1) is 15.7. The molecule has 0 aromatic carbocycles. The molecule has 0 spiro atoms. The van der Waals surface area contributed by atoms with Crippen LogP contribution in [0.4, 0.5) is 11.6 Å². The highest BCUT2D eigenvalue weighted by Gasteiger charge is 2.26. The van der Waals surface area contributed by atoms with Gasteiger partial charge >= 0.3 is 0 Å². The highest BCUT2D eigenvalue weighted by atomic mass is 15.1. The molecule has 0 amide bonds. The normalized spacial score (nSPS) is 12.6. The van der Waals surface area contributed by atoms with E-state index in [0.29, 0.717) is 5.82 Å². The SMILES string of the molecule is CCc1nc(N)c(C)c(NC(C)(C)CC(C)(C)C)n1. The van der Waals surface area contributed by atoms with Gasteiger partial charge in [-0.1, -0.05) is 27.7 Å². The Morgan fingerprint density at radius 1 is 1.11 bits per heavy atom. The van der Waals surface area contributed by atoms with Gasteiger partial charge in [0.25, 0.3) is 0 Å². The van der Waals surface area contributed by atoms with Gasteiger partial charge in [-0.25, -0.2) is 9.97 Å². The molecule has 0 aliphatic carbocycles. The summed E-state index contributed by atoms with van der Waals surface area (Å²) in [5.41, 5.74) is 7.11. The first-order valence-electron chi connectivity index (χ1n) is 6.95. The molecule has 1 rings (SSSR count). The zero-order chi connectivity index (χ0) is 14.8. The van der Waals surface area contributed by atoms with Gasteiger partial charge in [0.2, 0.25) is 0 Å². The monoisotopic (exact) mass is 264 g/mol. The Kier molecular flexibility index (Phi) is 4.43. The molecule has 1 aromatic rings. The molecule has 0 saturated carbocycles. The molecule has 0 aliphatic heterocycles. The maximum Gasteiger partial charge on any atom is 0.135 e. The van der Waals surface area contributed by atoms with Gasteiger partial charge in [-0.15, -0.1) is 0 Å². The molecule has 4 heteroatoms. The van der Waals surface area contributed by atoms with Crippen molar-refractivity contribution in [3.8, 4) is 0 Å². The summed E-state index contributed by atoms with van der Waals surface area (Å²) in [5, 5.41) is 3.53. The van der Waals surface area contributed by atoms with Gasteiger partial charge in [-0.3, -0.25) is 0 Å². The number of rotatable bonds is 4. The van der Waals surface area contributed by atoms with Crippen molar-refractivity contribution in [3.05, 3.63) is 11.4 Å². The molecule has 1 heterocycles. The Morgan fingerprint density at radius 3 is 2.16 bits per heavy atom. The maximum atomic E-state index is 5.95. The topological polar surface area (TPSA) is 63.8 Å². The van der Waals surface area contributed by atoms with Crippen molar-refractivity contribution in [1.82, 2.24) is 9.97 Å². The van der Waals surface area contributed by atoms with Crippen LogP contribution in [-0.4, -0.2) is 15.5 Å². The predicted octanol–water partition coefficient (Wildman–Crippen LogP) is 3.56. The van der Waals surface area contributed by atoms with Crippen molar-refractivity contribution < 1.29 is 0 Å². The fraction of sp³-hybridized carbons (Fsp3) is 0.733. The lowest BCUT2D eigenvalue weighted by atomic mass is 9.82. The maximum absolute atomic E-state index is 5.95. The minimum Gasteiger partial charge on any atom is -0.383 e. The van der Waals surface area contributed by atoms with E-state index in [1.165, 1.54) is 0 Å². The third kappa shape index (κ3) is 4.69. The van der Waals surface area contributed by atoms with Crippen LogP contribution in [0, 0.1) is 12.3 Å². The molecule has 0 fully saturated rings. The van der Waals surface area contributed by atoms with E-state index in [9.17, 15) is 0 Å². The zero-order valence-electron chi connectivity index (χ0n) is 13.4. The highest BCUT2D eigenvalue weighted by Crippen LogP contribution is 2.30. The van der Waals surface area contributed by atoms with Crippen molar-refractivity contribution >= 4 is 11.6 Å². The van der Waals surface area contributed by atoms with E-state index in [-0.39, 0.29) is 11.0 Å². The van der Waals surface area contributed by atoms with Gasteiger partial charge in [0, 0.05) is 17.5 Å². The third-order valence-electron chi connectivity index (χ3n) is 2.98. The fourth-order valence-electron chi connectivity index (χ4n) is 2.55. The second-order valence-electron chi connectivity index (χ2n) is 7.10. The Morgan fingerprint density at radius 2 is 1.68 bits per heavy atom. The summed E-state index contributed by atoms with van der Waals surface area (Å²) in [4.78, 5) is 8.85. The minimum absolute atomic E-state index is 0.0329. The molecule has 0 aliphatic rings. The number of nitrogens with zero attached hydrogens (tertiary/aromatic N) is 2. The highest BCUT2D eigenvalue weighted by molar-refractivity contribution is 5.55. The van der Waals surface area contributed by atoms with Crippen LogP contribution >= 0.6 is 0 Å². The predicted molar refractivity (Wildman–Crippen MR) is 82.3 cm³/mol. The number of aromatic nitrogens is 2. The summed E-state index contributed by atoms with van der Waals surface area (Å²) in [6.07, 6.45) is 1.84. The van der Waals surface area contributed by atoms with Crippen LogP contribution in [0.1, 0.15) is 59.4 Å². The first-order valence-corrected chi connectivity index (χ1v) is 6.95. The lowest BCUT2D eigenvalue weighted by Crippen LogP contribution is -2.36. The van der Waals surface area contributed by atoms with Gasteiger partial charge in [0.1, 0.15) is 17.5 Å².